The molecule has 1 unspecified atom stereocenters. The Balaban J connectivity index is 1.67. The third-order valence-corrected chi connectivity index (χ3v) is 7.89. The van der Waals surface area contributed by atoms with Gasteiger partial charge in [0.2, 0.25) is 0 Å². The number of fused-ring (bicyclic) bond motifs is 2. The van der Waals surface area contributed by atoms with Crippen molar-refractivity contribution in [1.82, 2.24) is 0 Å². The first-order valence-corrected chi connectivity index (χ1v) is 13.1. The van der Waals surface area contributed by atoms with Crippen LogP contribution in [0.25, 0.3) is 0 Å². The summed E-state index contributed by atoms with van der Waals surface area (Å²) in [5.41, 5.74) is 3.77. The Morgan fingerprint density at radius 2 is 1.57 bits per heavy atom. The predicted octanol–water partition coefficient (Wildman–Crippen LogP) is 6.56. The average molecular weight is 534 g/mol. The van der Waals surface area contributed by atoms with Crippen LogP contribution in [0.3, 0.4) is 0 Å². The summed E-state index contributed by atoms with van der Waals surface area (Å²) in [5.74, 6) is -0.843. The number of ketones is 3. The van der Waals surface area contributed by atoms with Gasteiger partial charge in [-0.15, -0.1) is 0 Å². The number of para-hydroxylation sites is 2. The Labute approximate surface area is 231 Å². The summed E-state index contributed by atoms with van der Waals surface area (Å²) >= 11 is 0. The minimum absolute atomic E-state index is 0.0269. The molecule has 0 spiro atoms. The number of hydrogen-bond donors (Lipinski definition) is 1. The van der Waals surface area contributed by atoms with Gasteiger partial charge in [0.25, 0.3) is 5.69 Å². The second-order valence-corrected chi connectivity index (χ2v) is 11.3. The second-order valence-electron chi connectivity index (χ2n) is 11.3. The van der Waals surface area contributed by atoms with Crippen LogP contribution in [-0.2, 0) is 4.79 Å². The highest BCUT2D eigenvalue weighted by molar-refractivity contribution is 6.40. The number of nitro groups is 1. The summed E-state index contributed by atoms with van der Waals surface area (Å²) in [4.78, 5) is 54.3. The number of carbonyl (C=O) groups excluding carboxylic acids is 3. The van der Waals surface area contributed by atoms with Gasteiger partial charge in [0.05, 0.1) is 27.9 Å². The number of benzene rings is 3. The van der Waals surface area contributed by atoms with Gasteiger partial charge in [0, 0.05) is 46.6 Å². The lowest BCUT2D eigenvalue weighted by Gasteiger charge is -2.38. The summed E-state index contributed by atoms with van der Waals surface area (Å²) in [6.45, 7) is 5.78. The fourth-order valence-electron chi connectivity index (χ4n) is 6.18. The van der Waals surface area contributed by atoms with E-state index < -0.39 is 11.0 Å². The molecular formula is C32H27N3O5. The molecule has 3 aromatic rings. The van der Waals surface area contributed by atoms with Crippen molar-refractivity contribution in [2.45, 2.75) is 39.7 Å². The Morgan fingerprint density at radius 3 is 2.25 bits per heavy atom. The molecule has 0 saturated heterocycles. The lowest BCUT2D eigenvalue weighted by Crippen LogP contribution is -2.36. The van der Waals surface area contributed by atoms with E-state index in [0.29, 0.717) is 52.2 Å². The number of allylic oxidation sites excluding steroid dienone is 3. The van der Waals surface area contributed by atoms with Crippen LogP contribution >= 0.6 is 0 Å². The molecule has 6 rings (SSSR count). The first-order valence-electron chi connectivity index (χ1n) is 13.1. The van der Waals surface area contributed by atoms with E-state index in [-0.39, 0.29) is 34.0 Å². The first kappa shape index (κ1) is 25.4. The van der Waals surface area contributed by atoms with Crippen LogP contribution in [0.5, 0.6) is 0 Å². The van der Waals surface area contributed by atoms with Crippen molar-refractivity contribution in [3.8, 4) is 0 Å². The van der Waals surface area contributed by atoms with Crippen molar-refractivity contribution in [2.75, 3.05) is 10.2 Å². The molecule has 8 nitrogen and oxygen atoms in total. The topological polar surface area (TPSA) is 110 Å². The molecule has 0 bridgehead atoms. The van der Waals surface area contributed by atoms with Gasteiger partial charge in [-0.05, 0) is 36.5 Å². The standard InChI is InChI=1S/C32H27N3O5/c1-18(27-30(37)21-11-4-5-12-22(21)31(27)38)34-25-14-7-6-13-23(25)33-24-16-32(2,3)17-26(36)28(24)29(34)19-9-8-10-20(15-19)35(39)40/h4-15,29,33H,16-17H2,1-3H3. The van der Waals surface area contributed by atoms with E-state index in [1.807, 2.05) is 43.0 Å². The molecule has 1 N–H and O–H groups in total. The molecule has 200 valence electrons. The number of nitrogens with zero attached hydrogens (tertiary/aromatic N) is 2. The summed E-state index contributed by atoms with van der Waals surface area (Å²) in [6.07, 6.45) is 0.878. The molecule has 3 aliphatic rings. The van der Waals surface area contributed by atoms with E-state index in [1.165, 1.54) is 12.1 Å². The van der Waals surface area contributed by atoms with Crippen LogP contribution < -0.4 is 10.2 Å². The zero-order valence-corrected chi connectivity index (χ0v) is 22.4. The normalized spacial score (nSPS) is 19.5. The highest BCUT2D eigenvalue weighted by Crippen LogP contribution is 2.50. The van der Waals surface area contributed by atoms with E-state index in [0.717, 1.165) is 5.70 Å². The number of nitrogens with one attached hydrogen (secondary N) is 1. The van der Waals surface area contributed by atoms with Gasteiger partial charge in [0.1, 0.15) is 0 Å². The molecule has 0 aromatic heterocycles. The Bertz CT molecular complexity index is 1680. The third-order valence-electron chi connectivity index (χ3n) is 7.89. The molecule has 8 heteroatoms. The van der Waals surface area contributed by atoms with Crippen LogP contribution in [0.4, 0.5) is 17.1 Å². The lowest BCUT2D eigenvalue weighted by molar-refractivity contribution is -0.384. The van der Waals surface area contributed by atoms with E-state index in [9.17, 15) is 24.5 Å². The number of hydrogen-bond acceptors (Lipinski definition) is 7. The van der Waals surface area contributed by atoms with Gasteiger partial charge >= 0.3 is 0 Å². The van der Waals surface area contributed by atoms with Crippen molar-refractivity contribution in [2.24, 2.45) is 5.41 Å². The van der Waals surface area contributed by atoms with Gasteiger partial charge in [-0.2, -0.15) is 0 Å². The highest BCUT2D eigenvalue weighted by atomic mass is 16.6. The fraction of sp³-hybridized carbons (Fsp3) is 0.219. The number of nitro benzene ring substituents is 1. The van der Waals surface area contributed by atoms with Crippen LogP contribution in [-0.4, -0.2) is 22.3 Å². The van der Waals surface area contributed by atoms with Crippen molar-refractivity contribution in [3.63, 3.8) is 0 Å². The van der Waals surface area contributed by atoms with Crippen LogP contribution in [0.1, 0.15) is 65.9 Å². The zero-order chi connectivity index (χ0) is 28.3. The average Bonchev–Trinajstić information content (AvgIpc) is 3.07. The molecule has 1 aliphatic heterocycles. The molecular weight excluding hydrogens is 506 g/mol. The number of non-ortho nitro benzene ring substituents is 1. The number of Topliss-reactive ketones (excluding diaryl/α,β-unsaturated/α-hetero) is 3. The molecule has 3 aromatic carbocycles. The molecule has 0 radical (unpaired) electrons. The summed E-state index contributed by atoms with van der Waals surface area (Å²) < 4.78 is 0. The van der Waals surface area contributed by atoms with Crippen LogP contribution in [0, 0.1) is 15.5 Å². The summed E-state index contributed by atoms with van der Waals surface area (Å²) in [5, 5.41) is 15.3. The van der Waals surface area contributed by atoms with Gasteiger partial charge in [-0.1, -0.05) is 62.4 Å². The molecule has 2 aliphatic carbocycles. The maximum atomic E-state index is 13.9. The predicted molar refractivity (Wildman–Crippen MR) is 151 cm³/mol. The summed E-state index contributed by atoms with van der Waals surface area (Å²) in [7, 11) is 0. The van der Waals surface area contributed by atoms with Gasteiger partial charge in [-0.25, -0.2) is 0 Å². The van der Waals surface area contributed by atoms with Crippen LogP contribution in [0.15, 0.2) is 95.3 Å². The lowest BCUT2D eigenvalue weighted by atomic mass is 9.73. The molecule has 0 fully saturated rings. The third kappa shape index (κ3) is 3.95. The van der Waals surface area contributed by atoms with Crippen molar-refractivity contribution in [1.29, 1.82) is 0 Å². The highest BCUT2D eigenvalue weighted by Gasteiger charge is 2.44. The number of anilines is 2. The van der Waals surface area contributed by atoms with Gasteiger partial charge in [-0.3, -0.25) is 24.5 Å². The fourth-order valence-corrected chi connectivity index (χ4v) is 6.18. The zero-order valence-electron chi connectivity index (χ0n) is 22.4. The SMILES string of the molecule is CC(=C1C(=O)c2ccccc2C1=O)N1c2ccccc2NC2=C(C(=O)CC(C)(C)C2)C1c1cccc([N+](=O)[O-])c1. The molecule has 40 heavy (non-hydrogen) atoms. The van der Waals surface area contributed by atoms with Gasteiger partial charge < -0.3 is 10.2 Å². The Morgan fingerprint density at radius 1 is 0.925 bits per heavy atom. The largest absolute Gasteiger partial charge is 0.357 e. The number of rotatable bonds is 3. The molecule has 1 atom stereocenters. The number of carbonyl (C=O) groups is 3. The van der Waals surface area contributed by atoms with Gasteiger partial charge in [0.15, 0.2) is 17.3 Å². The van der Waals surface area contributed by atoms with Crippen molar-refractivity contribution in [3.05, 3.63) is 122 Å². The quantitative estimate of drug-likeness (QED) is 0.176. The van der Waals surface area contributed by atoms with Crippen molar-refractivity contribution < 1.29 is 19.3 Å². The van der Waals surface area contributed by atoms with Crippen molar-refractivity contribution >= 4 is 34.4 Å². The minimum Gasteiger partial charge on any atom is -0.357 e. The van der Waals surface area contributed by atoms with Crippen LogP contribution in [0.2, 0.25) is 0 Å². The molecule has 0 saturated carbocycles. The monoisotopic (exact) mass is 533 g/mol. The maximum Gasteiger partial charge on any atom is 0.269 e. The van der Waals surface area contributed by atoms with E-state index in [2.05, 4.69) is 5.32 Å². The summed E-state index contributed by atoms with van der Waals surface area (Å²) in [6, 6.07) is 19.6. The molecule has 0 amide bonds. The Kier molecular flexibility index (Phi) is 5.80. The minimum atomic E-state index is -0.813. The van der Waals surface area contributed by atoms with E-state index >= 15 is 0 Å². The first-order chi connectivity index (χ1) is 19.1. The van der Waals surface area contributed by atoms with E-state index in [4.69, 9.17) is 0 Å². The smallest absolute Gasteiger partial charge is 0.269 e. The second kappa shape index (κ2) is 9.12. The Hall–Kier alpha value is -4.85. The molecule has 1 heterocycles. The maximum absolute atomic E-state index is 13.9. The van der Waals surface area contributed by atoms with E-state index in [1.54, 1.807) is 43.3 Å².